The lowest BCUT2D eigenvalue weighted by atomic mass is 10.1. The molecule has 0 aliphatic heterocycles. The molecular weight excluding hydrogens is 338 g/mol. The highest BCUT2D eigenvalue weighted by Gasteiger charge is 2.18. The van der Waals surface area contributed by atoms with Crippen LogP contribution in [0.15, 0.2) is 29.6 Å². The Labute approximate surface area is 152 Å². The minimum Gasteiger partial charge on any atom is -0.481 e. The molecule has 5 nitrogen and oxygen atoms in total. The van der Waals surface area contributed by atoms with E-state index in [2.05, 4.69) is 5.32 Å². The average Bonchev–Trinajstić information content (AvgIpc) is 3.04. The van der Waals surface area contributed by atoms with Gasteiger partial charge in [-0.2, -0.15) is 0 Å². The lowest BCUT2D eigenvalue weighted by Crippen LogP contribution is -2.36. The van der Waals surface area contributed by atoms with Gasteiger partial charge in [0.2, 0.25) is 0 Å². The average molecular weight is 361 g/mol. The second-order valence-corrected chi connectivity index (χ2v) is 6.98. The van der Waals surface area contributed by atoms with Crippen LogP contribution in [0.5, 0.6) is 5.75 Å². The normalized spacial score (nSPS) is 11.7. The fraction of sp³-hybridized carbons (Fsp3) is 0.368. The molecular formula is C19H23NO4S. The molecule has 1 aromatic heterocycles. The topological polar surface area (TPSA) is 64.6 Å². The molecule has 1 heterocycles. The van der Waals surface area contributed by atoms with Gasteiger partial charge in [-0.3, -0.25) is 4.79 Å². The summed E-state index contributed by atoms with van der Waals surface area (Å²) in [5.41, 5.74) is 3.07. The van der Waals surface area contributed by atoms with Crippen molar-refractivity contribution in [1.82, 2.24) is 5.32 Å². The maximum absolute atomic E-state index is 12.0. The third-order valence-corrected chi connectivity index (χ3v) is 4.51. The number of carbonyl (C=O) groups excluding carboxylic acids is 2. The molecule has 0 saturated carbocycles. The van der Waals surface area contributed by atoms with Crippen LogP contribution >= 0.6 is 11.3 Å². The van der Waals surface area contributed by atoms with E-state index < -0.39 is 12.1 Å². The van der Waals surface area contributed by atoms with Gasteiger partial charge in [-0.05, 0) is 50.3 Å². The van der Waals surface area contributed by atoms with E-state index in [1.54, 1.807) is 18.3 Å². The third-order valence-electron chi connectivity index (χ3n) is 3.63. The van der Waals surface area contributed by atoms with Crippen LogP contribution in [0.3, 0.4) is 0 Å². The van der Waals surface area contributed by atoms with Crippen LogP contribution in [0, 0.1) is 20.8 Å². The van der Waals surface area contributed by atoms with E-state index in [0.717, 1.165) is 21.6 Å². The predicted molar refractivity (Wildman–Crippen MR) is 97.9 cm³/mol. The first-order chi connectivity index (χ1) is 11.9. The van der Waals surface area contributed by atoms with E-state index in [4.69, 9.17) is 9.47 Å². The van der Waals surface area contributed by atoms with Crippen molar-refractivity contribution in [2.24, 2.45) is 0 Å². The third kappa shape index (κ3) is 5.60. The largest absolute Gasteiger partial charge is 0.481 e. The number of amides is 1. The second-order valence-electron chi connectivity index (χ2n) is 5.95. The molecule has 2 rings (SSSR count). The molecule has 25 heavy (non-hydrogen) atoms. The summed E-state index contributed by atoms with van der Waals surface area (Å²) < 4.78 is 10.7. The van der Waals surface area contributed by atoms with Gasteiger partial charge in [-0.15, -0.1) is 11.3 Å². The number of aryl methyl sites for hydroxylation is 3. The zero-order chi connectivity index (χ0) is 18.4. The van der Waals surface area contributed by atoms with Gasteiger partial charge in [0.1, 0.15) is 5.75 Å². The molecule has 0 spiro atoms. The summed E-state index contributed by atoms with van der Waals surface area (Å²) in [5, 5.41) is 4.68. The predicted octanol–water partition coefficient (Wildman–Crippen LogP) is 3.30. The van der Waals surface area contributed by atoms with Gasteiger partial charge in [-0.1, -0.05) is 23.8 Å². The first-order valence-electron chi connectivity index (χ1n) is 8.07. The van der Waals surface area contributed by atoms with Gasteiger partial charge in [0.25, 0.3) is 5.91 Å². The molecule has 2 aromatic rings. The summed E-state index contributed by atoms with van der Waals surface area (Å²) in [5.74, 6) is -0.222. The van der Waals surface area contributed by atoms with Crippen molar-refractivity contribution in [2.45, 2.75) is 40.3 Å². The Hall–Kier alpha value is -2.34. The minimum absolute atomic E-state index is 0.229. The first-order valence-corrected chi connectivity index (χ1v) is 8.95. The standard InChI is InChI=1S/C19H23NO4S/c1-12-8-13(2)18(14(3)9-12)23-11-17(21)24-15(4)19(22)20-10-16-6-5-7-25-16/h5-9,15H,10-11H2,1-4H3,(H,20,22)/t15-/m0/s1. The number of hydrogen-bond acceptors (Lipinski definition) is 5. The number of thiophene rings is 1. The summed E-state index contributed by atoms with van der Waals surface area (Å²) in [4.78, 5) is 24.9. The molecule has 0 saturated heterocycles. The molecule has 0 aliphatic carbocycles. The summed E-state index contributed by atoms with van der Waals surface area (Å²) in [7, 11) is 0. The van der Waals surface area contributed by atoms with E-state index in [1.165, 1.54) is 0 Å². The quantitative estimate of drug-likeness (QED) is 0.769. The number of carbonyl (C=O) groups is 2. The number of rotatable bonds is 7. The highest BCUT2D eigenvalue weighted by molar-refractivity contribution is 7.09. The SMILES string of the molecule is Cc1cc(C)c(OCC(=O)O[C@@H](C)C(=O)NCc2cccs2)c(C)c1. The number of benzene rings is 1. The maximum Gasteiger partial charge on any atom is 0.344 e. The molecule has 0 aliphatic rings. The fourth-order valence-corrected chi connectivity index (χ4v) is 3.19. The molecule has 6 heteroatoms. The number of hydrogen-bond donors (Lipinski definition) is 1. The molecule has 0 fully saturated rings. The van der Waals surface area contributed by atoms with Gasteiger partial charge in [-0.25, -0.2) is 4.79 Å². The molecule has 0 unspecified atom stereocenters. The minimum atomic E-state index is -0.865. The Balaban J connectivity index is 1.80. The molecule has 1 N–H and O–H groups in total. The van der Waals surface area contributed by atoms with Gasteiger partial charge in [0.15, 0.2) is 12.7 Å². The number of ether oxygens (including phenoxy) is 2. The van der Waals surface area contributed by atoms with E-state index in [1.807, 2.05) is 50.4 Å². The van der Waals surface area contributed by atoms with Crippen LogP contribution in [0.25, 0.3) is 0 Å². The molecule has 1 atom stereocenters. The number of esters is 1. The van der Waals surface area contributed by atoms with E-state index in [9.17, 15) is 9.59 Å². The maximum atomic E-state index is 12.0. The van der Waals surface area contributed by atoms with Gasteiger partial charge >= 0.3 is 5.97 Å². The zero-order valence-electron chi connectivity index (χ0n) is 14.9. The summed E-state index contributed by atoms with van der Waals surface area (Å²) in [6, 6.07) is 7.84. The van der Waals surface area contributed by atoms with Crippen molar-refractivity contribution in [3.63, 3.8) is 0 Å². The van der Waals surface area contributed by atoms with Crippen LogP contribution < -0.4 is 10.1 Å². The van der Waals surface area contributed by atoms with Crippen molar-refractivity contribution < 1.29 is 19.1 Å². The van der Waals surface area contributed by atoms with Crippen LogP contribution in [-0.4, -0.2) is 24.6 Å². The summed E-state index contributed by atoms with van der Waals surface area (Å²) >= 11 is 1.56. The highest BCUT2D eigenvalue weighted by atomic mass is 32.1. The van der Waals surface area contributed by atoms with E-state index >= 15 is 0 Å². The van der Waals surface area contributed by atoms with Crippen LogP contribution in [0.2, 0.25) is 0 Å². The van der Waals surface area contributed by atoms with Crippen LogP contribution in [-0.2, 0) is 20.9 Å². The van der Waals surface area contributed by atoms with Crippen molar-refractivity contribution >= 4 is 23.2 Å². The van der Waals surface area contributed by atoms with Gasteiger partial charge in [0, 0.05) is 4.88 Å². The molecule has 1 aromatic carbocycles. The Bertz CT molecular complexity index is 717. The highest BCUT2D eigenvalue weighted by Crippen LogP contribution is 2.24. The van der Waals surface area contributed by atoms with Crippen LogP contribution in [0.4, 0.5) is 0 Å². The second kappa shape index (κ2) is 8.67. The lowest BCUT2D eigenvalue weighted by Gasteiger charge is -2.15. The number of nitrogens with one attached hydrogen (secondary N) is 1. The monoisotopic (exact) mass is 361 g/mol. The Kier molecular flexibility index (Phi) is 6.58. The zero-order valence-corrected chi connectivity index (χ0v) is 15.7. The van der Waals surface area contributed by atoms with Crippen molar-refractivity contribution in [3.8, 4) is 5.75 Å². The van der Waals surface area contributed by atoms with Crippen LogP contribution in [0.1, 0.15) is 28.5 Å². The Morgan fingerprint density at radius 2 is 1.88 bits per heavy atom. The summed E-state index contributed by atoms with van der Waals surface area (Å²) in [6.07, 6.45) is -0.865. The van der Waals surface area contributed by atoms with Crippen molar-refractivity contribution in [1.29, 1.82) is 0 Å². The van der Waals surface area contributed by atoms with Crippen molar-refractivity contribution in [2.75, 3.05) is 6.61 Å². The molecule has 134 valence electrons. The van der Waals surface area contributed by atoms with E-state index in [0.29, 0.717) is 12.3 Å². The smallest absolute Gasteiger partial charge is 0.344 e. The Morgan fingerprint density at radius 3 is 2.48 bits per heavy atom. The summed E-state index contributed by atoms with van der Waals surface area (Å²) in [6.45, 7) is 7.62. The molecule has 0 bridgehead atoms. The fourth-order valence-electron chi connectivity index (χ4n) is 2.54. The van der Waals surface area contributed by atoms with Gasteiger partial charge < -0.3 is 14.8 Å². The van der Waals surface area contributed by atoms with Gasteiger partial charge in [0.05, 0.1) is 6.54 Å². The van der Waals surface area contributed by atoms with Crippen molar-refractivity contribution in [3.05, 3.63) is 51.2 Å². The Morgan fingerprint density at radius 1 is 1.20 bits per heavy atom. The molecule has 0 radical (unpaired) electrons. The molecule has 1 amide bonds. The first kappa shape index (κ1) is 19.0. The lowest BCUT2D eigenvalue weighted by molar-refractivity contribution is -0.156. The van der Waals surface area contributed by atoms with E-state index in [-0.39, 0.29) is 12.5 Å².